The van der Waals surface area contributed by atoms with Crippen LogP contribution in [-0.4, -0.2) is 51.4 Å². The summed E-state index contributed by atoms with van der Waals surface area (Å²) in [7, 11) is 0. The van der Waals surface area contributed by atoms with E-state index >= 15 is 4.39 Å². The highest BCUT2D eigenvalue weighted by atomic mass is 19.1. The van der Waals surface area contributed by atoms with Gasteiger partial charge in [-0.2, -0.15) is 25.2 Å². The zero-order valence-electron chi connectivity index (χ0n) is 21.5. The average Bonchev–Trinajstić information content (AvgIpc) is 3.52. The van der Waals surface area contributed by atoms with Crippen molar-refractivity contribution >= 4 is 34.0 Å². The number of nitrogens with zero attached hydrogens (tertiary/aromatic N) is 6. The lowest BCUT2D eigenvalue weighted by molar-refractivity contribution is 0.102. The molecule has 0 aliphatic rings. The van der Waals surface area contributed by atoms with Crippen LogP contribution < -0.4 is 16.2 Å². The lowest BCUT2D eigenvalue weighted by Crippen LogP contribution is -2.25. The number of carbonyl (C=O) groups excluding carboxylic acids is 1. The van der Waals surface area contributed by atoms with Crippen LogP contribution in [0.25, 0.3) is 16.6 Å². The third kappa shape index (κ3) is 4.72. The van der Waals surface area contributed by atoms with Crippen molar-refractivity contribution in [1.29, 1.82) is 0 Å². The molecule has 0 saturated heterocycles. The van der Waals surface area contributed by atoms with E-state index in [0.717, 1.165) is 10.2 Å². The lowest BCUT2D eigenvalue weighted by atomic mass is 9.86. The molecule has 0 saturated carbocycles. The van der Waals surface area contributed by atoms with Gasteiger partial charge < -0.3 is 15.7 Å². The monoisotopic (exact) mass is 532 g/mol. The van der Waals surface area contributed by atoms with E-state index in [1.54, 1.807) is 13.0 Å². The van der Waals surface area contributed by atoms with Crippen molar-refractivity contribution < 1.29 is 14.3 Å². The Bertz CT molecular complexity index is 1770. The van der Waals surface area contributed by atoms with Crippen LogP contribution in [-0.2, 0) is 12.0 Å². The molecule has 0 aliphatic carbocycles. The van der Waals surface area contributed by atoms with Crippen LogP contribution in [0.1, 0.15) is 48.0 Å². The van der Waals surface area contributed by atoms with Crippen LogP contribution in [0, 0.1) is 12.7 Å². The quantitative estimate of drug-likeness (QED) is 0.220. The molecule has 200 valence electrons. The number of aryl methyl sites for hydroxylation is 1. The number of aliphatic hydroxyl groups is 1. The van der Waals surface area contributed by atoms with Crippen molar-refractivity contribution in [3.8, 4) is 5.82 Å². The fourth-order valence-corrected chi connectivity index (χ4v) is 4.02. The van der Waals surface area contributed by atoms with E-state index in [1.807, 2.05) is 20.8 Å². The fraction of sp³-hybridized carbons (Fsp3) is 0.240. The molecule has 0 bridgehead atoms. The second kappa shape index (κ2) is 9.72. The first-order valence-corrected chi connectivity index (χ1v) is 11.9. The second-order valence-corrected chi connectivity index (χ2v) is 9.85. The zero-order chi connectivity index (χ0) is 27.9. The summed E-state index contributed by atoms with van der Waals surface area (Å²) >= 11 is 0. The third-order valence-electron chi connectivity index (χ3n) is 6.19. The first-order chi connectivity index (χ1) is 18.6. The standard InChI is InChI=1S/C25H25FN10O3/c1-12-20(34-35-32-12)31-21-15(10-28-33-21)23(38)30-18-5-6-27-22(16(18)11-37)36-24(39)19-13(9-29-36)7-14(8-17(19)26)25(2,3)4/h5-10,37H,11H2,1-4H3,(H,27,30,38)(H3,28,31,32,33,34,35). The number of anilines is 3. The number of H-pyrrole nitrogens is 2. The molecular formula is C25H25FN10O3. The summed E-state index contributed by atoms with van der Waals surface area (Å²) in [5, 5.41) is 37.2. The molecule has 5 rings (SSSR count). The predicted molar refractivity (Wildman–Crippen MR) is 141 cm³/mol. The molecule has 39 heavy (non-hydrogen) atoms. The van der Waals surface area contributed by atoms with E-state index in [9.17, 15) is 14.7 Å². The number of hydrogen-bond donors (Lipinski definition) is 5. The molecular weight excluding hydrogens is 507 g/mol. The van der Waals surface area contributed by atoms with Crippen LogP contribution in [0.5, 0.6) is 0 Å². The SMILES string of the molecule is Cc1n[nH]nc1Nc1[nH]ncc1C(=O)Nc1ccnc(-n2ncc3cc(C(C)(C)C)cc(F)c3c2=O)c1CO. The Morgan fingerprint density at radius 2 is 2.00 bits per heavy atom. The molecule has 0 fully saturated rings. The number of carbonyl (C=O) groups is 1. The van der Waals surface area contributed by atoms with Gasteiger partial charge in [0, 0.05) is 17.1 Å². The summed E-state index contributed by atoms with van der Waals surface area (Å²) < 4.78 is 16.0. The van der Waals surface area contributed by atoms with Crippen LogP contribution in [0.4, 0.5) is 21.7 Å². The second-order valence-electron chi connectivity index (χ2n) is 9.85. The minimum Gasteiger partial charge on any atom is -0.391 e. The summed E-state index contributed by atoms with van der Waals surface area (Å²) in [6, 6.07) is 4.53. The Kier molecular flexibility index (Phi) is 6.39. The van der Waals surface area contributed by atoms with Gasteiger partial charge in [-0.1, -0.05) is 20.8 Å². The highest BCUT2D eigenvalue weighted by Crippen LogP contribution is 2.28. The van der Waals surface area contributed by atoms with Crippen LogP contribution in [0.2, 0.25) is 0 Å². The molecule has 14 heteroatoms. The van der Waals surface area contributed by atoms with E-state index in [-0.39, 0.29) is 39.3 Å². The normalized spacial score (nSPS) is 11.6. The van der Waals surface area contributed by atoms with E-state index < -0.39 is 23.9 Å². The summed E-state index contributed by atoms with van der Waals surface area (Å²) in [6.07, 6.45) is 4.03. The van der Waals surface area contributed by atoms with Gasteiger partial charge in [0.15, 0.2) is 11.6 Å². The van der Waals surface area contributed by atoms with E-state index in [2.05, 4.69) is 46.3 Å². The number of hydrogen-bond acceptors (Lipinski definition) is 9. The summed E-state index contributed by atoms with van der Waals surface area (Å²) in [5.74, 6) is -0.638. The zero-order valence-corrected chi connectivity index (χ0v) is 21.5. The van der Waals surface area contributed by atoms with Gasteiger partial charge in [-0.15, -0.1) is 5.10 Å². The van der Waals surface area contributed by atoms with Crippen LogP contribution in [0.15, 0.2) is 41.6 Å². The van der Waals surface area contributed by atoms with Crippen molar-refractivity contribution in [2.24, 2.45) is 0 Å². The van der Waals surface area contributed by atoms with Crippen molar-refractivity contribution in [3.63, 3.8) is 0 Å². The summed E-state index contributed by atoms with van der Waals surface area (Å²) in [4.78, 5) is 30.7. The fourth-order valence-electron chi connectivity index (χ4n) is 4.02. The number of aromatic amines is 2. The number of aromatic nitrogens is 8. The van der Waals surface area contributed by atoms with Crippen LogP contribution >= 0.6 is 0 Å². The largest absolute Gasteiger partial charge is 0.391 e. The number of aliphatic hydroxyl groups excluding tert-OH is 1. The minimum atomic E-state index is -0.750. The lowest BCUT2D eigenvalue weighted by Gasteiger charge is -2.20. The number of halogens is 1. The molecule has 0 atom stereocenters. The molecule has 1 amide bonds. The van der Waals surface area contributed by atoms with Gasteiger partial charge in [0.25, 0.3) is 11.5 Å². The molecule has 13 nitrogen and oxygen atoms in total. The first-order valence-electron chi connectivity index (χ1n) is 11.9. The molecule has 5 N–H and O–H groups in total. The highest BCUT2D eigenvalue weighted by molar-refractivity contribution is 6.08. The third-order valence-corrected chi connectivity index (χ3v) is 6.19. The Hall–Kier alpha value is -4.98. The molecule has 1 aromatic carbocycles. The van der Waals surface area contributed by atoms with Crippen LogP contribution in [0.3, 0.4) is 0 Å². The van der Waals surface area contributed by atoms with Gasteiger partial charge in [-0.25, -0.2) is 9.37 Å². The summed E-state index contributed by atoms with van der Waals surface area (Å²) in [5.41, 5.74) is 0.651. The minimum absolute atomic E-state index is 0.0507. The van der Waals surface area contributed by atoms with Gasteiger partial charge in [-0.05, 0) is 36.1 Å². The molecule has 5 aromatic rings. The van der Waals surface area contributed by atoms with Gasteiger partial charge in [0.1, 0.15) is 22.9 Å². The molecule has 0 unspecified atom stereocenters. The molecule has 0 radical (unpaired) electrons. The van der Waals surface area contributed by atoms with Gasteiger partial charge >= 0.3 is 0 Å². The number of pyridine rings is 1. The van der Waals surface area contributed by atoms with Gasteiger partial charge in [0.2, 0.25) is 0 Å². The molecule has 4 aromatic heterocycles. The van der Waals surface area contributed by atoms with Gasteiger partial charge in [0.05, 0.1) is 30.1 Å². The number of nitrogens with one attached hydrogen (secondary N) is 4. The Balaban J connectivity index is 1.51. The van der Waals surface area contributed by atoms with Crippen molar-refractivity contribution in [2.75, 3.05) is 10.6 Å². The van der Waals surface area contributed by atoms with E-state index in [4.69, 9.17) is 0 Å². The average molecular weight is 533 g/mol. The Labute approximate surface area is 220 Å². The molecule has 0 aliphatic heterocycles. The number of fused-ring (bicyclic) bond motifs is 1. The van der Waals surface area contributed by atoms with Crippen molar-refractivity contribution in [1.82, 2.24) is 40.4 Å². The Morgan fingerprint density at radius 3 is 2.69 bits per heavy atom. The predicted octanol–water partition coefficient (Wildman–Crippen LogP) is 2.86. The molecule has 4 heterocycles. The maximum atomic E-state index is 15.1. The summed E-state index contributed by atoms with van der Waals surface area (Å²) in [6.45, 7) is 6.96. The topological polar surface area (TPSA) is 179 Å². The van der Waals surface area contributed by atoms with E-state index in [1.165, 1.54) is 30.7 Å². The molecule has 0 spiro atoms. The number of benzene rings is 1. The first kappa shape index (κ1) is 25.7. The van der Waals surface area contributed by atoms with Gasteiger partial charge in [-0.3, -0.25) is 14.7 Å². The smallest absolute Gasteiger partial charge is 0.283 e. The van der Waals surface area contributed by atoms with Crippen molar-refractivity contribution in [2.45, 2.75) is 39.7 Å². The van der Waals surface area contributed by atoms with Crippen molar-refractivity contribution in [3.05, 3.63) is 75.3 Å². The Morgan fingerprint density at radius 1 is 1.21 bits per heavy atom. The highest BCUT2D eigenvalue weighted by Gasteiger charge is 2.22. The number of amides is 1. The maximum absolute atomic E-state index is 15.1. The number of rotatable bonds is 6. The maximum Gasteiger partial charge on any atom is 0.283 e. The van der Waals surface area contributed by atoms with E-state index in [0.29, 0.717) is 16.9 Å².